The van der Waals surface area contributed by atoms with Gasteiger partial charge in [0.15, 0.2) is 0 Å². The number of guanidine groups is 1. The van der Waals surface area contributed by atoms with Gasteiger partial charge in [-0.3, -0.25) is 10.4 Å². The lowest BCUT2D eigenvalue weighted by atomic mass is 9.96. The minimum atomic E-state index is 0.409. The molecule has 4 nitrogen and oxygen atoms in total. The lowest BCUT2D eigenvalue weighted by Crippen LogP contribution is -2.47. The molecule has 0 bridgehead atoms. The molecule has 0 saturated carbocycles. The van der Waals surface area contributed by atoms with Crippen molar-refractivity contribution in [3.05, 3.63) is 0 Å². The zero-order valence-electron chi connectivity index (χ0n) is 9.80. The summed E-state index contributed by atoms with van der Waals surface area (Å²) in [5.74, 6) is 6.71. The molecule has 84 valence electrons. The number of aliphatic imine (C=N–C) groups is 1. The summed E-state index contributed by atoms with van der Waals surface area (Å²) in [5.41, 5.74) is 2.58. The van der Waals surface area contributed by atoms with Gasteiger partial charge in [0.25, 0.3) is 0 Å². The van der Waals surface area contributed by atoms with Crippen molar-refractivity contribution in [2.45, 2.75) is 46.6 Å². The van der Waals surface area contributed by atoms with E-state index >= 15 is 0 Å². The summed E-state index contributed by atoms with van der Waals surface area (Å²) in [5, 5.41) is 3.28. The van der Waals surface area contributed by atoms with Gasteiger partial charge in [-0.25, -0.2) is 5.84 Å². The van der Waals surface area contributed by atoms with Gasteiger partial charge in [-0.1, -0.05) is 26.7 Å². The summed E-state index contributed by atoms with van der Waals surface area (Å²) >= 11 is 0. The lowest BCUT2D eigenvalue weighted by Gasteiger charge is -2.23. The number of hydrogen-bond acceptors (Lipinski definition) is 2. The summed E-state index contributed by atoms with van der Waals surface area (Å²) in [4.78, 5) is 4.20. The molecule has 0 aromatic carbocycles. The number of nitrogens with one attached hydrogen (secondary N) is 2. The average molecular weight is 200 g/mol. The van der Waals surface area contributed by atoms with Gasteiger partial charge in [0.05, 0.1) is 0 Å². The molecule has 0 saturated heterocycles. The van der Waals surface area contributed by atoms with E-state index < -0.39 is 0 Å². The molecule has 0 rings (SSSR count). The molecule has 4 heteroatoms. The van der Waals surface area contributed by atoms with Crippen molar-refractivity contribution in [2.24, 2.45) is 16.8 Å². The number of nitrogens with two attached hydrogens (primary N) is 1. The van der Waals surface area contributed by atoms with Crippen molar-refractivity contribution >= 4 is 5.96 Å². The Hall–Kier alpha value is -0.770. The van der Waals surface area contributed by atoms with E-state index in [1.165, 1.54) is 12.8 Å². The molecule has 4 N–H and O–H groups in total. The quantitative estimate of drug-likeness (QED) is 0.271. The van der Waals surface area contributed by atoms with E-state index in [1.54, 1.807) is 0 Å². The molecule has 1 atom stereocenters. The van der Waals surface area contributed by atoms with E-state index in [0.717, 1.165) is 6.54 Å². The number of hydrogen-bond donors (Lipinski definition) is 3. The van der Waals surface area contributed by atoms with Crippen molar-refractivity contribution < 1.29 is 0 Å². The van der Waals surface area contributed by atoms with Gasteiger partial charge in [-0.2, -0.15) is 0 Å². The molecule has 0 aliphatic heterocycles. The van der Waals surface area contributed by atoms with Crippen molar-refractivity contribution in [3.63, 3.8) is 0 Å². The Morgan fingerprint density at radius 3 is 2.21 bits per heavy atom. The second kappa shape index (κ2) is 7.62. The van der Waals surface area contributed by atoms with Crippen molar-refractivity contribution in [2.75, 3.05) is 6.54 Å². The highest BCUT2D eigenvalue weighted by Gasteiger charge is 2.13. The topological polar surface area (TPSA) is 62.4 Å². The van der Waals surface area contributed by atoms with Crippen LogP contribution in [0.25, 0.3) is 0 Å². The maximum Gasteiger partial charge on any atom is 0.205 e. The SMILES string of the molecule is CCN=C(NN)NC(C)C(CC)CC. The van der Waals surface area contributed by atoms with Gasteiger partial charge in [0, 0.05) is 12.6 Å². The molecule has 0 spiro atoms. The highest BCUT2D eigenvalue weighted by Crippen LogP contribution is 2.12. The zero-order valence-corrected chi connectivity index (χ0v) is 9.80. The molecular formula is C10H24N4. The molecule has 0 amide bonds. The number of nitrogens with zero attached hydrogens (tertiary/aromatic N) is 1. The van der Waals surface area contributed by atoms with Gasteiger partial charge < -0.3 is 5.32 Å². The summed E-state index contributed by atoms with van der Waals surface area (Å²) in [6, 6.07) is 0.409. The maximum atomic E-state index is 5.35. The monoisotopic (exact) mass is 200 g/mol. The molecule has 0 radical (unpaired) electrons. The van der Waals surface area contributed by atoms with Crippen LogP contribution in [-0.4, -0.2) is 18.5 Å². The number of rotatable bonds is 5. The lowest BCUT2D eigenvalue weighted by molar-refractivity contribution is 0.388. The summed E-state index contributed by atoms with van der Waals surface area (Å²) in [7, 11) is 0. The Morgan fingerprint density at radius 2 is 1.86 bits per heavy atom. The van der Waals surface area contributed by atoms with Crippen LogP contribution in [0.3, 0.4) is 0 Å². The van der Waals surface area contributed by atoms with Crippen molar-refractivity contribution in [3.8, 4) is 0 Å². The smallest absolute Gasteiger partial charge is 0.205 e. The summed E-state index contributed by atoms with van der Waals surface area (Å²) in [6.45, 7) is 9.31. The fraction of sp³-hybridized carbons (Fsp3) is 0.900. The molecule has 0 fully saturated rings. The van der Waals surface area contributed by atoms with Crippen LogP contribution < -0.4 is 16.6 Å². The van der Waals surface area contributed by atoms with Crippen molar-refractivity contribution in [1.29, 1.82) is 0 Å². The van der Waals surface area contributed by atoms with Gasteiger partial charge in [0.1, 0.15) is 0 Å². The van der Waals surface area contributed by atoms with E-state index in [4.69, 9.17) is 5.84 Å². The predicted octanol–water partition coefficient (Wildman–Crippen LogP) is 1.24. The van der Waals surface area contributed by atoms with Crippen LogP contribution in [0.4, 0.5) is 0 Å². The van der Waals surface area contributed by atoms with Crippen LogP contribution in [0.5, 0.6) is 0 Å². The Bertz CT molecular complexity index is 164. The fourth-order valence-electron chi connectivity index (χ4n) is 1.62. The van der Waals surface area contributed by atoms with Gasteiger partial charge >= 0.3 is 0 Å². The van der Waals surface area contributed by atoms with E-state index in [2.05, 4.69) is 36.5 Å². The Balaban J connectivity index is 4.13. The highest BCUT2D eigenvalue weighted by molar-refractivity contribution is 5.79. The van der Waals surface area contributed by atoms with Crippen LogP contribution in [0, 0.1) is 5.92 Å². The van der Waals surface area contributed by atoms with Gasteiger partial charge in [-0.15, -0.1) is 0 Å². The van der Waals surface area contributed by atoms with E-state index in [1.807, 2.05) is 6.92 Å². The van der Waals surface area contributed by atoms with Crippen LogP contribution in [0.15, 0.2) is 4.99 Å². The largest absolute Gasteiger partial charge is 0.353 e. The van der Waals surface area contributed by atoms with E-state index in [9.17, 15) is 0 Å². The highest BCUT2D eigenvalue weighted by atomic mass is 15.3. The molecule has 0 aromatic rings. The minimum absolute atomic E-state index is 0.409. The van der Waals surface area contributed by atoms with Crippen molar-refractivity contribution in [1.82, 2.24) is 10.7 Å². The van der Waals surface area contributed by atoms with Gasteiger partial charge in [0.2, 0.25) is 5.96 Å². The normalized spacial score (nSPS) is 14.3. The van der Waals surface area contributed by atoms with Gasteiger partial charge in [-0.05, 0) is 19.8 Å². The average Bonchev–Trinajstić information content (AvgIpc) is 2.19. The third kappa shape index (κ3) is 4.46. The molecule has 0 heterocycles. The van der Waals surface area contributed by atoms with Crippen LogP contribution in [0.1, 0.15) is 40.5 Å². The molecular weight excluding hydrogens is 176 g/mol. The molecule has 1 unspecified atom stereocenters. The summed E-state index contributed by atoms with van der Waals surface area (Å²) in [6.07, 6.45) is 2.35. The first kappa shape index (κ1) is 13.2. The Morgan fingerprint density at radius 1 is 1.29 bits per heavy atom. The van der Waals surface area contributed by atoms with Crippen LogP contribution >= 0.6 is 0 Å². The standard InChI is InChI=1S/C10H24N4/c1-5-9(6-2)8(4)13-10(14-11)12-7-3/h8-9H,5-7,11H2,1-4H3,(H2,12,13,14). The zero-order chi connectivity index (χ0) is 11.0. The van der Waals surface area contributed by atoms with E-state index in [-0.39, 0.29) is 0 Å². The first-order valence-electron chi connectivity index (χ1n) is 5.47. The predicted molar refractivity (Wildman–Crippen MR) is 62.0 cm³/mol. The second-order valence-electron chi connectivity index (χ2n) is 3.48. The van der Waals surface area contributed by atoms with Crippen LogP contribution in [0.2, 0.25) is 0 Å². The third-order valence-electron chi connectivity index (χ3n) is 2.57. The third-order valence-corrected chi connectivity index (χ3v) is 2.57. The molecule has 0 aliphatic carbocycles. The second-order valence-corrected chi connectivity index (χ2v) is 3.48. The fourth-order valence-corrected chi connectivity index (χ4v) is 1.62. The Labute approximate surface area is 87.3 Å². The molecule has 0 aliphatic rings. The van der Waals surface area contributed by atoms with E-state index in [0.29, 0.717) is 17.9 Å². The molecule has 0 aromatic heterocycles. The number of hydrazine groups is 1. The Kier molecular flexibility index (Phi) is 7.20. The first-order chi connectivity index (χ1) is 6.69. The maximum absolute atomic E-state index is 5.35. The van der Waals surface area contributed by atoms with Crippen LogP contribution in [-0.2, 0) is 0 Å². The summed E-state index contributed by atoms with van der Waals surface area (Å²) < 4.78 is 0. The minimum Gasteiger partial charge on any atom is -0.353 e. The molecule has 14 heavy (non-hydrogen) atoms. The first-order valence-corrected chi connectivity index (χ1v) is 5.47.